The summed E-state index contributed by atoms with van der Waals surface area (Å²) in [6.45, 7) is 0. The Morgan fingerprint density at radius 1 is 1.60 bits per heavy atom. The number of halogens is 1. The minimum Gasteiger partial charge on any atom is -0.465 e. The summed E-state index contributed by atoms with van der Waals surface area (Å²) in [7, 11) is -2.77. The van der Waals surface area contributed by atoms with E-state index in [1.165, 1.54) is 0 Å². The average molecular weight is 251 g/mol. The van der Waals surface area contributed by atoms with Gasteiger partial charge in [-0.15, -0.1) is 0 Å². The van der Waals surface area contributed by atoms with Crippen molar-refractivity contribution in [3.63, 3.8) is 0 Å². The lowest BCUT2D eigenvalue weighted by molar-refractivity contribution is 0.0600. The molecule has 6 nitrogen and oxygen atoms in total. The highest BCUT2D eigenvalue weighted by atomic mass is 35.5. The standard InChI is InChI=1S/C7H7ClN2O4S/c1-14-7(11)5-2-4(15(9,12)13)3-10-6(5)8/h2-3H,1H3,(H2,9,12,13). The summed E-state index contributed by atoms with van der Waals surface area (Å²) in [5.41, 5.74) is -0.148. The van der Waals surface area contributed by atoms with Crippen molar-refractivity contribution in [2.75, 3.05) is 7.11 Å². The predicted molar refractivity (Wildman–Crippen MR) is 52.0 cm³/mol. The van der Waals surface area contributed by atoms with Crippen LogP contribution in [0.1, 0.15) is 10.4 Å². The van der Waals surface area contributed by atoms with Crippen molar-refractivity contribution in [2.45, 2.75) is 4.90 Å². The molecule has 1 aromatic heterocycles. The van der Waals surface area contributed by atoms with E-state index in [1.54, 1.807) is 0 Å². The lowest BCUT2D eigenvalue weighted by Crippen LogP contribution is -2.14. The molecule has 0 saturated heterocycles. The van der Waals surface area contributed by atoms with Gasteiger partial charge in [-0.25, -0.2) is 23.3 Å². The third-order valence-corrected chi connectivity index (χ3v) is 2.73. The van der Waals surface area contributed by atoms with Crippen molar-refractivity contribution in [3.8, 4) is 0 Å². The lowest BCUT2D eigenvalue weighted by Gasteiger charge is -2.03. The van der Waals surface area contributed by atoms with Gasteiger partial charge in [-0.1, -0.05) is 11.6 Å². The Hall–Kier alpha value is -1.18. The molecule has 0 aliphatic carbocycles. The van der Waals surface area contributed by atoms with Crippen molar-refractivity contribution >= 4 is 27.6 Å². The molecule has 0 amide bonds. The highest BCUT2D eigenvalue weighted by Gasteiger charge is 2.17. The van der Waals surface area contributed by atoms with E-state index in [9.17, 15) is 13.2 Å². The van der Waals surface area contributed by atoms with Gasteiger partial charge in [0.15, 0.2) is 0 Å². The van der Waals surface area contributed by atoms with Gasteiger partial charge in [-0.05, 0) is 6.07 Å². The number of hydrogen-bond donors (Lipinski definition) is 1. The Morgan fingerprint density at radius 3 is 2.67 bits per heavy atom. The molecule has 0 saturated carbocycles. The molecule has 0 aliphatic heterocycles. The number of rotatable bonds is 2. The number of methoxy groups -OCH3 is 1. The van der Waals surface area contributed by atoms with Gasteiger partial charge in [0.25, 0.3) is 0 Å². The fourth-order valence-corrected chi connectivity index (χ4v) is 1.50. The maximum atomic E-state index is 11.1. The molecule has 1 rings (SSSR count). The summed E-state index contributed by atoms with van der Waals surface area (Å²) in [6, 6.07) is 1.01. The smallest absolute Gasteiger partial charge is 0.341 e. The summed E-state index contributed by atoms with van der Waals surface area (Å²) < 4.78 is 26.3. The van der Waals surface area contributed by atoms with E-state index in [4.69, 9.17) is 16.7 Å². The highest BCUT2D eigenvalue weighted by molar-refractivity contribution is 7.89. The fraction of sp³-hybridized carbons (Fsp3) is 0.143. The van der Waals surface area contributed by atoms with Gasteiger partial charge in [0, 0.05) is 6.20 Å². The van der Waals surface area contributed by atoms with E-state index in [1.807, 2.05) is 0 Å². The van der Waals surface area contributed by atoms with Gasteiger partial charge in [0.05, 0.1) is 12.7 Å². The van der Waals surface area contributed by atoms with E-state index in [0.29, 0.717) is 0 Å². The Balaban J connectivity index is 3.36. The monoisotopic (exact) mass is 250 g/mol. The molecule has 0 aromatic carbocycles. The first-order valence-electron chi connectivity index (χ1n) is 3.63. The molecule has 8 heteroatoms. The molecule has 1 heterocycles. The van der Waals surface area contributed by atoms with Crippen LogP contribution in [0.25, 0.3) is 0 Å². The van der Waals surface area contributed by atoms with Gasteiger partial charge in [0.1, 0.15) is 10.0 Å². The molecule has 0 unspecified atom stereocenters. The topological polar surface area (TPSA) is 99.4 Å². The normalized spacial score (nSPS) is 11.1. The largest absolute Gasteiger partial charge is 0.465 e. The molecule has 0 aliphatic rings. The van der Waals surface area contributed by atoms with Crippen LogP contribution in [0.4, 0.5) is 0 Å². The van der Waals surface area contributed by atoms with Crippen LogP contribution in [0.2, 0.25) is 5.15 Å². The molecule has 15 heavy (non-hydrogen) atoms. The van der Waals surface area contributed by atoms with Gasteiger partial charge < -0.3 is 4.74 Å². The lowest BCUT2D eigenvalue weighted by atomic mass is 10.3. The number of primary sulfonamides is 1. The number of nitrogens with zero attached hydrogens (tertiary/aromatic N) is 1. The third-order valence-electron chi connectivity index (χ3n) is 1.55. The van der Waals surface area contributed by atoms with Crippen LogP contribution in [-0.2, 0) is 14.8 Å². The average Bonchev–Trinajstić information content (AvgIpc) is 2.15. The molecule has 0 radical (unpaired) electrons. The molecular weight excluding hydrogens is 244 g/mol. The second-order valence-corrected chi connectivity index (χ2v) is 4.47. The molecule has 0 spiro atoms. The Kier molecular flexibility index (Phi) is 3.28. The maximum absolute atomic E-state index is 11.1. The zero-order valence-electron chi connectivity index (χ0n) is 7.60. The Bertz CT molecular complexity index is 500. The number of ether oxygens (including phenoxy) is 1. The number of esters is 1. The molecule has 0 bridgehead atoms. The van der Waals surface area contributed by atoms with Gasteiger partial charge in [0.2, 0.25) is 10.0 Å². The minimum atomic E-state index is -3.91. The van der Waals surface area contributed by atoms with Crippen molar-refractivity contribution < 1.29 is 17.9 Å². The fourth-order valence-electron chi connectivity index (χ4n) is 0.838. The van der Waals surface area contributed by atoms with Crippen LogP contribution in [0.15, 0.2) is 17.2 Å². The molecular formula is C7H7ClN2O4S. The number of nitrogens with two attached hydrogens (primary N) is 1. The number of carbonyl (C=O) groups is 1. The van der Waals surface area contributed by atoms with Crippen molar-refractivity contribution in [1.29, 1.82) is 0 Å². The van der Waals surface area contributed by atoms with Crippen LogP contribution in [-0.4, -0.2) is 26.5 Å². The number of hydrogen-bond acceptors (Lipinski definition) is 5. The third kappa shape index (κ3) is 2.65. The van der Waals surface area contributed by atoms with Gasteiger partial charge in [-0.2, -0.15) is 0 Å². The Labute approximate surface area is 91.1 Å². The van der Waals surface area contributed by atoms with Gasteiger partial charge >= 0.3 is 5.97 Å². The summed E-state index contributed by atoms with van der Waals surface area (Å²) in [5, 5.41) is 4.71. The van der Waals surface area contributed by atoms with Crippen LogP contribution in [0.5, 0.6) is 0 Å². The summed E-state index contributed by atoms with van der Waals surface area (Å²) >= 11 is 5.57. The first kappa shape index (κ1) is 11.9. The number of aromatic nitrogens is 1. The minimum absolute atomic E-state index is 0.144. The van der Waals surface area contributed by atoms with Crippen LogP contribution in [0, 0.1) is 0 Å². The van der Waals surface area contributed by atoms with Crippen molar-refractivity contribution in [3.05, 3.63) is 23.0 Å². The molecule has 82 valence electrons. The van der Waals surface area contributed by atoms with Crippen molar-refractivity contribution in [1.82, 2.24) is 4.98 Å². The molecule has 1 aromatic rings. The second-order valence-electron chi connectivity index (χ2n) is 2.55. The van der Waals surface area contributed by atoms with Crippen LogP contribution in [0.3, 0.4) is 0 Å². The Morgan fingerprint density at radius 2 is 2.20 bits per heavy atom. The zero-order valence-corrected chi connectivity index (χ0v) is 9.17. The van der Waals surface area contributed by atoms with E-state index in [2.05, 4.69) is 9.72 Å². The number of sulfonamides is 1. The van der Waals surface area contributed by atoms with Crippen LogP contribution < -0.4 is 5.14 Å². The summed E-state index contributed by atoms with van der Waals surface area (Å²) in [6.07, 6.45) is 0.962. The number of carbonyl (C=O) groups excluding carboxylic acids is 1. The second kappa shape index (κ2) is 4.13. The predicted octanol–water partition coefficient (Wildman–Crippen LogP) is 0.169. The van der Waals surface area contributed by atoms with E-state index in [-0.39, 0.29) is 15.6 Å². The summed E-state index contributed by atoms with van der Waals surface area (Å²) in [5.74, 6) is -0.780. The zero-order chi connectivity index (χ0) is 11.6. The van der Waals surface area contributed by atoms with E-state index < -0.39 is 16.0 Å². The van der Waals surface area contributed by atoms with Crippen LogP contribution >= 0.6 is 11.6 Å². The SMILES string of the molecule is COC(=O)c1cc(S(N)(=O)=O)cnc1Cl. The molecule has 0 fully saturated rings. The summed E-state index contributed by atoms with van der Waals surface area (Å²) in [4.78, 5) is 14.4. The first-order chi connectivity index (χ1) is 6.86. The highest BCUT2D eigenvalue weighted by Crippen LogP contribution is 2.17. The maximum Gasteiger partial charge on any atom is 0.341 e. The molecule has 2 N–H and O–H groups in total. The molecule has 0 atom stereocenters. The van der Waals surface area contributed by atoms with E-state index in [0.717, 1.165) is 19.4 Å². The van der Waals surface area contributed by atoms with Crippen molar-refractivity contribution in [2.24, 2.45) is 5.14 Å². The quantitative estimate of drug-likeness (QED) is 0.596. The van der Waals surface area contributed by atoms with E-state index >= 15 is 0 Å². The first-order valence-corrected chi connectivity index (χ1v) is 5.55. The number of pyridine rings is 1. The van der Waals surface area contributed by atoms with Gasteiger partial charge in [-0.3, -0.25) is 0 Å².